The first-order valence-corrected chi connectivity index (χ1v) is 11.5. The largest absolute Gasteiger partial charge is 0.351 e. The Bertz CT molecular complexity index is 651. The van der Waals surface area contributed by atoms with Crippen LogP contribution >= 0.6 is 11.8 Å². The summed E-state index contributed by atoms with van der Waals surface area (Å²) in [7, 11) is 2.04. The molecule has 2 fully saturated rings. The van der Waals surface area contributed by atoms with E-state index in [-0.39, 0.29) is 23.8 Å². The highest BCUT2D eigenvalue weighted by molar-refractivity contribution is 7.99. The van der Waals surface area contributed by atoms with Crippen molar-refractivity contribution >= 4 is 23.6 Å². The predicted octanol–water partition coefficient (Wildman–Crippen LogP) is 1.37. The van der Waals surface area contributed by atoms with E-state index in [1.807, 2.05) is 24.3 Å². The number of carbonyl (C=O) groups is 2. The highest BCUT2D eigenvalue weighted by atomic mass is 32.2. The summed E-state index contributed by atoms with van der Waals surface area (Å²) in [5, 5.41) is 3.11. The number of thioether (sulfide) groups is 1. The number of nitrogens with one attached hydrogen (secondary N) is 1. The number of aromatic nitrogens is 2. The number of piperidine rings is 1. The van der Waals surface area contributed by atoms with E-state index in [0.717, 1.165) is 57.6 Å². The molecular weight excluding hydrogens is 374 g/mol. The summed E-state index contributed by atoms with van der Waals surface area (Å²) >= 11 is 1.53. The molecule has 0 aromatic carbocycles. The lowest BCUT2D eigenvalue weighted by molar-refractivity contribution is -0.137. The molecule has 2 aliphatic heterocycles. The number of nitrogens with zero attached hydrogens (tertiary/aromatic N) is 4. The second kappa shape index (κ2) is 10.2. The van der Waals surface area contributed by atoms with Crippen LogP contribution in [0.15, 0.2) is 18.6 Å². The van der Waals surface area contributed by atoms with Gasteiger partial charge in [0.15, 0.2) is 0 Å². The Hall–Kier alpha value is -1.67. The number of rotatable bonds is 5. The first kappa shape index (κ1) is 21.0. The average Bonchev–Trinajstić information content (AvgIpc) is 2.89. The topological polar surface area (TPSA) is 78.4 Å². The van der Waals surface area contributed by atoms with Crippen LogP contribution in [-0.4, -0.2) is 82.9 Å². The summed E-state index contributed by atoms with van der Waals surface area (Å²) in [6.45, 7) is 3.16. The average molecular weight is 406 g/mol. The molecule has 3 rings (SSSR count). The van der Waals surface area contributed by atoms with Crippen LogP contribution in [0.3, 0.4) is 0 Å². The van der Waals surface area contributed by atoms with E-state index in [4.69, 9.17) is 0 Å². The van der Waals surface area contributed by atoms with Crippen molar-refractivity contribution in [2.75, 3.05) is 45.2 Å². The molecule has 154 valence electrons. The Balaban J connectivity index is 1.51. The monoisotopic (exact) mass is 405 g/mol. The van der Waals surface area contributed by atoms with Crippen molar-refractivity contribution in [3.05, 3.63) is 24.3 Å². The van der Waals surface area contributed by atoms with Gasteiger partial charge in [0.25, 0.3) is 0 Å². The van der Waals surface area contributed by atoms with Crippen LogP contribution < -0.4 is 5.32 Å². The lowest BCUT2D eigenvalue weighted by Gasteiger charge is -2.34. The number of hydrogen-bond donors (Lipinski definition) is 1. The number of likely N-dealkylation sites (tertiary alicyclic amines) is 2. The molecule has 0 aliphatic carbocycles. The van der Waals surface area contributed by atoms with Gasteiger partial charge >= 0.3 is 0 Å². The molecule has 3 heterocycles. The normalized spacial score (nSPS) is 24.6. The third kappa shape index (κ3) is 5.67. The fourth-order valence-corrected chi connectivity index (χ4v) is 4.67. The number of likely N-dealkylation sites (N-methyl/N-ethyl adjacent to an activating group) is 1. The summed E-state index contributed by atoms with van der Waals surface area (Å²) in [4.78, 5) is 37.6. The van der Waals surface area contributed by atoms with Gasteiger partial charge < -0.3 is 15.1 Å². The van der Waals surface area contributed by atoms with Crippen LogP contribution in [0.4, 0.5) is 0 Å². The molecule has 28 heavy (non-hydrogen) atoms. The second-order valence-electron chi connectivity index (χ2n) is 7.93. The molecule has 1 N–H and O–H groups in total. The zero-order valence-corrected chi connectivity index (χ0v) is 17.7. The molecule has 7 nitrogen and oxygen atoms in total. The van der Waals surface area contributed by atoms with E-state index in [2.05, 4.69) is 20.2 Å². The molecule has 0 bridgehead atoms. The van der Waals surface area contributed by atoms with E-state index in [1.165, 1.54) is 11.8 Å². The summed E-state index contributed by atoms with van der Waals surface area (Å²) < 4.78 is 0. The van der Waals surface area contributed by atoms with Crippen LogP contribution in [0.5, 0.6) is 0 Å². The van der Waals surface area contributed by atoms with Crippen molar-refractivity contribution in [1.29, 1.82) is 0 Å². The lowest BCUT2D eigenvalue weighted by atomic mass is 9.92. The molecule has 1 aromatic heterocycles. The molecule has 0 unspecified atom stereocenters. The lowest BCUT2D eigenvalue weighted by Crippen LogP contribution is -2.44. The number of carbonyl (C=O) groups excluding carboxylic acids is 2. The molecule has 1 aromatic rings. The van der Waals surface area contributed by atoms with Gasteiger partial charge in [0.05, 0.1) is 11.7 Å². The summed E-state index contributed by atoms with van der Waals surface area (Å²) in [5.74, 6) is 1.28. The standard InChI is InChI=1S/C20H31N5O2S/c1-24-11-16(3-4-17(12-24)23-19(26)13-28-2)20(27)25-9-6-15(7-10-25)18-5-8-21-14-22-18/h5,8,14-17H,3-4,6-7,9-13H2,1-2H3,(H,23,26)/t16-,17+/m1/s1. The zero-order chi connectivity index (χ0) is 19.9. The summed E-state index contributed by atoms with van der Waals surface area (Å²) in [6, 6.07) is 2.11. The highest BCUT2D eigenvalue weighted by Crippen LogP contribution is 2.28. The molecule has 2 aliphatic rings. The second-order valence-corrected chi connectivity index (χ2v) is 8.79. The van der Waals surface area contributed by atoms with Gasteiger partial charge in [0.2, 0.25) is 11.8 Å². The van der Waals surface area contributed by atoms with Crippen LogP contribution in [0.2, 0.25) is 0 Å². The number of amides is 2. The maximum atomic E-state index is 13.1. The molecule has 2 atom stereocenters. The Labute approximate surface area is 171 Å². The van der Waals surface area contributed by atoms with Gasteiger partial charge in [-0.3, -0.25) is 9.59 Å². The van der Waals surface area contributed by atoms with Crippen LogP contribution in [-0.2, 0) is 9.59 Å². The highest BCUT2D eigenvalue weighted by Gasteiger charge is 2.32. The molecule has 0 radical (unpaired) electrons. The minimum Gasteiger partial charge on any atom is -0.351 e. The molecule has 8 heteroatoms. The Morgan fingerprint density at radius 2 is 2.00 bits per heavy atom. The molecule has 0 saturated carbocycles. The van der Waals surface area contributed by atoms with Crippen molar-refractivity contribution < 1.29 is 9.59 Å². The van der Waals surface area contributed by atoms with E-state index >= 15 is 0 Å². The van der Waals surface area contributed by atoms with E-state index in [9.17, 15) is 9.59 Å². The van der Waals surface area contributed by atoms with Gasteiger partial charge in [-0.15, -0.1) is 0 Å². The van der Waals surface area contributed by atoms with Gasteiger partial charge in [0.1, 0.15) is 6.33 Å². The van der Waals surface area contributed by atoms with Crippen molar-refractivity contribution in [3.63, 3.8) is 0 Å². The molecule has 0 spiro atoms. The quantitative estimate of drug-likeness (QED) is 0.797. The first-order chi connectivity index (χ1) is 13.6. The van der Waals surface area contributed by atoms with Crippen LogP contribution in [0.1, 0.15) is 37.3 Å². The Morgan fingerprint density at radius 3 is 2.68 bits per heavy atom. The fraction of sp³-hybridized carbons (Fsp3) is 0.700. The van der Waals surface area contributed by atoms with Crippen molar-refractivity contribution in [2.24, 2.45) is 5.92 Å². The van der Waals surface area contributed by atoms with Crippen LogP contribution in [0, 0.1) is 5.92 Å². The van der Waals surface area contributed by atoms with Gasteiger partial charge in [-0.2, -0.15) is 11.8 Å². The maximum Gasteiger partial charge on any atom is 0.230 e. The first-order valence-electron chi connectivity index (χ1n) is 10.1. The summed E-state index contributed by atoms with van der Waals surface area (Å²) in [5.41, 5.74) is 1.08. The summed E-state index contributed by atoms with van der Waals surface area (Å²) in [6.07, 6.45) is 8.93. The Morgan fingerprint density at radius 1 is 1.21 bits per heavy atom. The van der Waals surface area contributed by atoms with E-state index in [1.54, 1.807) is 12.5 Å². The minimum atomic E-state index is 0.0167. The molecular formula is C20H31N5O2S. The Kier molecular flexibility index (Phi) is 7.67. The van der Waals surface area contributed by atoms with Crippen molar-refractivity contribution in [2.45, 2.75) is 37.6 Å². The third-order valence-corrected chi connectivity index (χ3v) is 6.30. The SMILES string of the molecule is CSCC(=O)N[C@H]1CC[C@@H](C(=O)N2CCC(c3ccncn3)CC2)CN(C)C1. The molecule has 2 saturated heterocycles. The van der Waals surface area contributed by atoms with Gasteiger partial charge in [0, 0.05) is 50.0 Å². The zero-order valence-electron chi connectivity index (χ0n) is 16.8. The smallest absolute Gasteiger partial charge is 0.230 e. The van der Waals surface area contributed by atoms with Crippen molar-refractivity contribution in [1.82, 2.24) is 25.1 Å². The van der Waals surface area contributed by atoms with Crippen LogP contribution in [0.25, 0.3) is 0 Å². The van der Waals surface area contributed by atoms with Gasteiger partial charge in [-0.25, -0.2) is 9.97 Å². The minimum absolute atomic E-state index is 0.0167. The van der Waals surface area contributed by atoms with Gasteiger partial charge in [-0.05, 0) is 45.1 Å². The van der Waals surface area contributed by atoms with E-state index in [0.29, 0.717) is 11.7 Å². The third-order valence-electron chi connectivity index (χ3n) is 5.75. The van der Waals surface area contributed by atoms with Crippen molar-refractivity contribution in [3.8, 4) is 0 Å². The van der Waals surface area contributed by atoms with Gasteiger partial charge in [-0.1, -0.05) is 0 Å². The predicted molar refractivity (Wildman–Crippen MR) is 111 cm³/mol. The number of hydrogen-bond acceptors (Lipinski definition) is 6. The fourth-order valence-electron chi connectivity index (χ4n) is 4.33. The molecule has 2 amide bonds. The van der Waals surface area contributed by atoms with E-state index < -0.39 is 0 Å². The maximum absolute atomic E-state index is 13.1.